The zero-order chi connectivity index (χ0) is 21.7. The molecule has 0 saturated carbocycles. The molecule has 0 atom stereocenters. The van der Waals surface area contributed by atoms with Crippen LogP contribution in [0.3, 0.4) is 0 Å². The smallest absolute Gasteiger partial charge is 0.262 e. The first-order valence-corrected chi connectivity index (χ1v) is 10.4. The van der Waals surface area contributed by atoms with E-state index in [4.69, 9.17) is 10.5 Å². The molecule has 1 saturated heterocycles. The Balaban J connectivity index is 0.000000184. The molecule has 2 aromatic carbocycles. The number of aldehydes is 1. The van der Waals surface area contributed by atoms with Crippen molar-refractivity contribution in [3.05, 3.63) is 48.0 Å². The van der Waals surface area contributed by atoms with E-state index >= 15 is 0 Å². The molecule has 3 N–H and O–H groups in total. The van der Waals surface area contributed by atoms with Crippen molar-refractivity contribution in [2.24, 2.45) is 5.92 Å². The van der Waals surface area contributed by atoms with Gasteiger partial charge in [0.15, 0.2) is 6.61 Å². The second-order valence-corrected chi connectivity index (χ2v) is 8.85. The van der Waals surface area contributed by atoms with Crippen LogP contribution in [0.4, 0.5) is 17.1 Å². The van der Waals surface area contributed by atoms with Gasteiger partial charge in [-0.25, -0.2) is 0 Å². The zero-order valence-corrected chi connectivity index (χ0v) is 18.0. The van der Waals surface area contributed by atoms with Gasteiger partial charge in [-0.05, 0) is 54.2 Å². The van der Waals surface area contributed by atoms with Crippen molar-refractivity contribution >= 4 is 29.3 Å². The number of nitrogens with zero attached hydrogens (tertiary/aromatic N) is 1. The molecule has 6 heteroatoms. The van der Waals surface area contributed by atoms with Crippen LogP contribution in [0, 0.1) is 5.92 Å². The molecule has 2 aliphatic heterocycles. The molecule has 0 bridgehead atoms. The predicted molar refractivity (Wildman–Crippen MR) is 121 cm³/mol. The maximum atomic E-state index is 10.9. The monoisotopic (exact) mass is 409 g/mol. The number of anilines is 3. The van der Waals surface area contributed by atoms with Crippen molar-refractivity contribution in [2.75, 3.05) is 35.6 Å². The number of hydrogen-bond donors (Lipinski definition) is 2. The number of piperidine rings is 1. The summed E-state index contributed by atoms with van der Waals surface area (Å²) < 4.78 is 5.12. The van der Waals surface area contributed by atoms with E-state index in [1.165, 1.54) is 11.3 Å². The maximum absolute atomic E-state index is 10.9. The summed E-state index contributed by atoms with van der Waals surface area (Å²) in [5.74, 6) is 0.798. The molecular weight excluding hydrogens is 378 g/mol. The summed E-state index contributed by atoms with van der Waals surface area (Å²) in [7, 11) is 0. The molecule has 4 rings (SSSR count). The molecule has 2 heterocycles. The Kier molecular flexibility index (Phi) is 6.65. The highest BCUT2D eigenvalue weighted by atomic mass is 16.5. The molecule has 2 aliphatic rings. The standard InChI is InChI=1S/C16H23NO.C8H8N2O2/c1-16(2,3)14-4-6-15(7-5-14)17-10-8-13(12-18)9-11-17;9-5-1-2-7-6(3-5)10-8(11)4-12-7/h4-7,12-13H,8-11H2,1-3H3;1-3H,4,9H2,(H,10,11). The second-order valence-electron chi connectivity index (χ2n) is 8.85. The molecular formula is C24H31N3O3. The van der Waals surface area contributed by atoms with Crippen LogP contribution >= 0.6 is 0 Å². The lowest BCUT2D eigenvalue weighted by Crippen LogP contribution is -2.34. The molecule has 1 amide bonds. The minimum absolute atomic E-state index is 0.0803. The Morgan fingerprint density at radius 1 is 1.10 bits per heavy atom. The highest BCUT2D eigenvalue weighted by Crippen LogP contribution is 2.29. The Hall–Kier alpha value is -3.02. The number of hydrogen-bond acceptors (Lipinski definition) is 5. The summed E-state index contributed by atoms with van der Waals surface area (Å²) in [6.45, 7) is 8.78. The SMILES string of the molecule is CC(C)(C)c1ccc(N2CCC(C=O)CC2)cc1.Nc1ccc2c(c1)NC(=O)CO2. The van der Waals surface area contributed by atoms with E-state index in [0.29, 0.717) is 17.1 Å². The lowest BCUT2D eigenvalue weighted by Gasteiger charge is -2.32. The van der Waals surface area contributed by atoms with Crippen LogP contribution < -0.4 is 20.7 Å². The topological polar surface area (TPSA) is 84.7 Å². The average molecular weight is 410 g/mol. The first kappa shape index (κ1) is 21.7. The third kappa shape index (κ3) is 5.53. The maximum Gasteiger partial charge on any atom is 0.262 e. The first-order valence-electron chi connectivity index (χ1n) is 10.4. The van der Waals surface area contributed by atoms with E-state index in [-0.39, 0.29) is 23.8 Å². The summed E-state index contributed by atoms with van der Waals surface area (Å²) in [5, 5.41) is 2.66. The van der Waals surface area contributed by atoms with E-state index in [0.717, 1.165) is 32.2 Å². The molecule has 0 spiro atoms. The van der Waals surface area contributed by atoms with E-state index in [1.54, 1.807) is 18.2 Å². The number of benzene rings is 2. The summed E-state index contributed by atoms with van der Waals surface area (Å²) in [5.41, 5.74) is 9.64. The molecule has 6 nitrogen and oxygen atoms in total. The number of carbonyl (C=O) groups is 2. The number of amides is 1. The first-order chi connectivity index (χ1) is 14.3. The van der Waals surface area contributed by atoms with Crippen molar-refractivity contribution in [3.63, 3.8) is 0 Å². The predicted octanol–water partition coefficient (Wildman–Crippen LogP) is 4.00. The molecule has 30 heavy (non-hydrogen) atoms. The van der Waals surface area contributed by atoms with E-state index in [2.05, 4.69) is 55.3 Å². The van der Waals surface area contributed by atoms with Crippen molar-refractivity contribution in [3.8, 4) is 5.75 Å². The van der Waals surface area contributed by atoms with Crippen LogP contribution in [0.15, 0.2) is 42.5 Å². The van der Waals surface area contributed by atoms with Gasteiger partial charge in [-0.15, -0.1) is 0 Å². The van der Waals surface area contributed by atoms with Gasteiger partial charge in [0.2, 0.25) is 0 Å². The van der Waals surface area contributed by atoms with Gasteiger partial charge >= 0.3 is 0 Å². The number of nitrogens with one attached hydrogen (secondary N) is 1. The minimum Gasteiger partial charge on any atom is -0.482 e. The number of rotatable bonds is 2. The Morgan fingerprint density at radius 3 is 2.37 bits per heavy atom. The van der Waals surface area contributed by atoms with Gasteiger partial charge in [0.05, 0.1) is 5.69 Å². The van der Waals surface area contributed by atoms with Crippen LogP contribution in [0.25, 0.3) is 0 Å². The fourth-order valence-electron chi connectivity index (χ4n) is 3.57. The van der Waals surface area contributed by atoms with E-state index < -0.39 is 0 Å². The van der Waals surface area contributed by atoms with Crippen molar-refractivity contribution in [2.45, 2.75) is 39.0 Å². The molecule has 0 aliphatic carbocycles. The number of ether oxygens (including phenoxy) is 1. The number of nitrogens with two attached hydrogens (primary N) is 1. The largest absolute Gasteiger partial charge is 0.482 e. The van der Waals surface area contributed by atoms with Crippen LogP contribution in [0.5, 0.6) is 5.75 Å². The number of nitrogen functional groups attached to an aromatic ring is 1. The lowest BCUT2D eigenvalue weighted by atomic mass is 9.87. The molecule has 0 unspecified atom stereocenters. The van der Waals surface area contributed by atoms with Crippen molar-refractivity contribution in [1.82, 2.24) is 0 Å². The van der Waals surface area contributed by atoms with E-state index in [1.807, 2.05) is 0 Å². The summed E-state index contributed by atoms with van der Waals surface area (Å²) in [6.07, 6.45) is 3.09. The fraction of sp³-hybridized carbons (Fsp3) is 0.417. The Bertz CT molecular complexity index is 880. The van der Waals surface area contributed by atoms with Crippen LogP contribution in [0.2, 0.25) is 0 Å². The minimum atomic E-state index is -0.145. The summed E-state index contributed by atoms with van der Waals surface area (Å²) in [6, 6.07) is 14.0. The quantitative estimate of drug-likeness (QED) is 0.578. The van der Waals surface area contributed by atoms with E-state index in [9.17, 15) is 9.59 Å². The van der Waals surface area contributed by atoms with Crippen LogP contribution in [-0.2, 0) is 15.0 Å². The van der Waals surface area contributed by atoms with Gasteiger partial charge in [-0.3, -0.25) is 4.79 Å². The van der Waals surface area contributed by atoms with Gasteiger partial charge in [-0.1, -0.05) is 32.9 Å². The van der Waals surface area contributed by atoms with Gasteiger partial charge in [0, 0.05) is 30.4 Å². The number of carbonyl (C=O) groups excluding carboxylic acids is 2. The summed E-state index contributed by atoms with van der Waals surface area (Å²) >= 11 is 0. The van der Waals surface area contributed by atoms with Crippen molar-refractivity contribution < 1.29 is 14.3 Å². The number of fused-ring (bicyclic) bond motifs is 1. The molecule has 2 aromatic rings. The van der Waals surface area contributed by atoms with Gasteiger partial charge in [0.25, 0.3) is 5.91 Å². The molecule has 0 radical (unpaired) electrons. The zero-order valence-electron chi connectivity index (χ0n) is 18.0. The average Bonchev–Trinajstić information content (AvgIpc) is 2.73. The van der Waals surface area contributed by atoms with Gasteiger partial charge in [0.1, 0.15) is 12.0 Å². The van der Waals surface area contributed by atoms with Crippen LogP contribution in [-0.4, -0.2) is 31.9 Å². The lowest BCUT2D eigenvalue weighted by molar-refractivity contribution is -0.118. The van der Waals surface area contributed by atoms with Gasteiger partial charge in [-0.2, -0.15) is 0 Å². The molecule has 160 valence electrons. The Morgan fingerprint density at radius 2 is 1.77 bits per heavy atom. The highest BCUT2D eigenvalue weighted by molar-refractivity contribution is 5.95. The van der Waals surface area contributed by atoms with Crippen LogP contribution in [0.1, 0.15) is 39.2 Å². The van der Waals surface area contributed by atoms with Crippen molar-refractivity contribution in [1.29, 1.82) is 0 Å². The third-order valence-corrected chi connectivity index (χ3v) is 5.47. The summed E-state index contributed by atoms with van der Waals surface area (Å²) in [4.78, 5) is 24.0. The third-order valence-electron chi connectivity index (χ3n) is 5.47. The fourth-order valence-corrected chi connectivity index (χ4v) is 3.57. The Labute approximate surface area is 178 Å². The second kappa shape index (κ2) is 9.20. The molecule has 0 aromatic heterocycles. The normalized spacial score (nSPS) is 16.5. The van der Waals surface area contributed by atoms with Gasteiger partial charge < -0.3 is 25.5 Å². The molecule has 1 fully saturated rings. The highest BCUT2D eigenvalue weighted by Gasteiger charge is 2.19.